The number of aryl methyl sites for hydroxylation is 1. The summed E-state index contributed by atoms with van der Waals surface area (Å²) >= 11 is 0. The van der Waals surface area contributed by atoms with Gasteiger partial charge in [-0.2, -0.15) is 25.7 Å². The fraction of sp³-hybridized carbons (Fsp3) is 0.167. The first kappa shape index (κ1) is 25.3. The van der Waals surface area contributed by atoms with Crippen LogP contribution >= 0.6 is 0 Å². The van der Waals surface area contributed by atoms with Gasteiger partial charge in [0.2, 0.25) is 0 Å². The number of hydrogen-bond donors (Lipinski definition) is 0. The van der Waals surface area contributed by atoms with Gasteiger partial charge < -0.3 is 9.64 Å². The molecule has 4 rings (SSSR count). The fourth-order valence-electron chi connectivity index (χ4n) is 3.67. The second kappa shape index (κ2) is 12.2. The maximum absolute atomic E-state index is 8.89. The molecular formula is C30H28N6O. The maximum atomic E-state index is 8.89. The van der Waals surface area contributed by atoms with Crippen molar-refractivity contribution < 1.29 is 4.74 Å². The molecule has 0 aliphatic rings. The van der Waals surface area contributed by atoms with E-state index < -0.39 is 0 Å². The van der Waals surface area contributed by atoms with Crippen molar-refractivity contribution in [1.29, 1.82) is 5.26 Å². The van der Waals surface area contributed by atoms with Gasteiger partial charge in [0, 0.05) is 18.8 Å². The molecule has 0 N–H and O–H groups in total. The Morgan fingerprint density at radius 1 is 0.676 bits per heavy atom. The highest BCUT2D eigenvalue weighted by Gasteiger charge is 2.03. The van der Waals surface area contributed by atoms with E-state index in [0.717, 1.165) is 35.7 Å². The molecule has 0 aromatic heterocycles. The molecule has 0 saturated carbocycles. The summed E-state index contributed by atoms with van der Waals surface area (Å²) in [5, 5.41) is 26.4. The average Bonchev–Trinajstić information content (AvgIpc) is 2.94. The Balaban J connectivity index is 1.37. The van der Waals surface area contributed by atoms with Gasteiger partial charge in [-0.05, 0) is 117 Å². The number of anilines is 1. The van der Waals surface area contributed by atoms with Crippen LogP contribution in [-0.2, 0) is 0 Å². The monoisotopic (exact) mass is 488 g/mol. The molecule has 4 aromatic carbocycles. The number of nitriles is 1. The molecule has 0 heterocycles. The lowest BCUT2D eigenvalue weighted by atomic mass is 10.2. The van der Waals surface area contributed by atoms with Gasteiger partial charge in [-0.3, -0.25) is 0 Å². The molecule has 184 valence electrons. The molecule has 0 aliphatic carbocycles. The van der Waals surface area contributed by atoms with Crippen LogP contribution in [-0.4, -0.2) is 13.1 Å². The molecule has 0 aliphatic heterocycles. The predicted octanol–water partition coefficient (Wildman–Crippen LogP) is 9.34. The summed E-state index contributed by atoms with van der Waals surface area (Å²) in [7, 11) is 0. The highest BCUT2D eigenvalue weighted by atomic mass is 16.5. The number of nitrogens with zero attached hydrogens (tertiary/aromatic N) is 6. The topological polar surface area (TPSA) is 85.7 Å². The summed E-state index contributed by atoms with van der Waals surface area (Å²) in [4.78, 5) is 2.29. The van der Waals surface area contributed by atoms with E-state index in [1.807, 2.05) is 61.5 Å². The first-order valence-corrected chi connectivity index (χ1v) is 12.1. The van der Waals surface area contributed by atoms with Crippen LogP contribution in [0.25, 0.3) is 0 Å². The van der Waals surface area contributed by atoms with E-state index in [2.05, 4.69) is 57.4 Å². The lowest BCUT2D eigenvalue weighted by molar-refractivity contribution is 0.482. The van der Waals surface area contributed by atoms with Crippen LogP contribution in [0.5, 0.6) is 11.5 Å². The third-order valence-electron chi connectivity index (χ3n) is 5.77. The second-order valence-electron chi connectivity index (χ2n) is 8.29. The first-order valence-electron chi connectivity index (χ1n) is 12.1. The Morgan fingerprint density at radius 2 is 1.19 bits per heavy atom. The molecule has 37 heavy (non-hydrogen) atoms. The van der Waals surface area contributed by atoms with E-state index >= 15 is 0 Å². The Bertz CT molecular complexity index is 1420. The van der Waals surface area contributed by atoms with Crippen molar-refractivity contribution in [3.05, 3.63) is 102 Å². The number of azo groups is 2. The summed E-state index contributed by atoms with van der Waals surface area (Å²) in [5.74, 6) is 1.34. The van der Waals surface area contributed by atoms with E-state index in [1.165, 1.54) is 5.69 Å². The zero-order valence-corrected chi connectivity index (χ0v) is 21.2. The average molecular weight is 489 g/mol. The summed E-state index contributed by atoms with van der Waals surface area (Å²) in [6.45, 7) is 8.21. The molecule has 4 aromatic rings. The van der Waals surface area contributed by atoms with Crippen LogP contribution in [0, 0.1) is 18.3 Å². The lowest BCUT2D eigenvalue weighted by Crippen LogP contribution is -2.21. The molecule has 0 radical (unpaired) electrons. The van der Waals surface area contributed by atoms with Crippen LogP contribution in [0.3, 0.4) is 0 Å². The smallest absolute Gasteiger partial charge is 0.127 e. The van der Waals surface area contributed by atoms with Crippen LogP contribution in [0.4, 0.5) is 28.4 Å². The van der Waals surface area contributed by atoms with Gasteiger partial charge in [0.1, 0.15) is 11.5 Å². The Morgan fingerprint density at radius 3 is 1.76 bits per heavy atom. The predicted molar refractivity (Wildman–Crippen MR) is 147 cm³/mol. The van der Waals surface area contributed by atoms with Crippen LogP contribution in [0.15, 0.2) is 111 Å². The zero-order chi connectivity index (χ0) is 26.0. The van der Waals surface area contributed by atoms with E-state index in [1.54, 1.807) is 24.3 Å². The number of benzene rings is 4. The highest BCUT2D eigenvalue weighted by molar-refractivity contribution is 5.55. The van der Waals surface area contributed by atoms with E-state index in [0.29, 0.717) is 22.7 Å². The minimum atomic E-state index is 0.593. The number of ether oxygens (including phenoxy) is 1. The minimum absolute atomic E-state index is 0.593. The summed E-state index contributed by atoms with van der Waals surface area (Å²) in [6, 6.07) is 30.2. The van der Waals surface area contributed by atoms with Gasteiger partial charge in [0.15, 0.2) is 0 Å². The molecule has 0 amide bonds. The van der Waals surface area contributed by atoms with Gasteiger partial charge in [-0.25, -0.2) is 0 Å². The standard InChI is InChI=1S/C30H28N6O/c1-4-36(5-2)27-13-8-24(9-14-27)32-34-26-12-19-30(22(3)20-26)35-33-25-10-17-29(18-11-25)37-28-15-6-23(21-31)7-16-28/h6-20H,4-5H2,1-3H3. The molecule has 0 spiro atoms. The van der Waals surface area contributed by atoms with Crippen LogP contribution in [0.2, 0.25) is 0 Å². The highest BCUT2D eigenvalue weighted by Crippen LogP contribution is 2.29. The Labute approximate surface area is 217 Å². The first-order chi connectivity index (χ1) is 18.1. The summed E-state index contributed by atoms with van der Waals surface area (Å²) in [5.41, 5.74) is 5.78. The Hall–Kier alpha value is -4.83. The largest absolute Gasteiger partial charge is 0.457 e. The minimum Gasteiger partial charge on any atom is -0.457 e. The molecule has 0 saturated heterocycles. The van der Waals surface area contributed by atoms with Gasteiger partial charge in [-0.15, -0.1) is 0 Å². The van der Waals surface area contributed by atoms with Gasteiger partial charge in [0.25, 0.3) is 0 Å². The molecule has 0 unspecified atom stereocenters. The normalized spacial score (nSPS) is 11.1. The maximum Gasteiger partial charge on any atom is 0.127 e. The van der Waals surface area contributed by atoms with E-state index in [9.17, 15) is 0 Å². The van der Waals surface area contributed by atoms with Crippen molar-refractivity contribution in [2.75, 3.05) is 18.0 Å². The molecule has 0 fully saturated rings. The van der Waals surface area contributed by atoms with Crippen molar-refractivity contribution in [2.45, 2.75) is 20.8 Å². The van der Waals surface area contributed by atoms with Crippen molar-refractivity contribution in [2.24, 2.45) is 20.5 Å². The third-order valence-corrected chi connectivity index (χ3v) is 5.77. The fourth-order valence-corrected chi connectivity index (χ4v) is 3.67. The molecule has 7 heteroatoms. The quantitative estimate of drug-likeness (QED) is 0.220. The van der Waals surface area contributed by atoms with Gasteiger partial charge in [-0.1, -0.05) is 0 Å². The molecule has 0 bridgehead atoms. The van der Waals surface area contributed by atoms with Gasteiger partial charge in [0.05, 0.1) is 34.4 Å². The molecular weight excluding hydrogens is 460 g/mol. The van der Waals surface area contributed by atoms with Crippen molar-refractivity contribution >= 4 is 28.4 Å². The second-order valence-corrected chi connectivity index (χ2v) is 8.29. The van der Waals surface area contributed by atoms with Crippen molar-refractivity contribution in [3.8, 4) is 17.6 Å². The third kappa shape index (κ3) is 6.86. The Kier molecular flexibility index (Phi) is 8.35. The van der Waals surface area contributed by atoms with Crippen LogP contribution < -0.4 is 9.64 Å². The SMILES string of the molecule is CCN(CC)c1ccc(N=Nc2ccc(N=Nc3ccc(Oc4ccc(C#N)cc4)cc3)c(C)c2)cc1. The molecule has 0 atom stereocenters. The van der Waals surface area contributed by atoms with Gasteiger partial charge >= 0.3 is 0 Å². The van der Waals surface area contributed by atoms with Crippen molar-refractivity contribution in [1.82, 2.24) is 0 Å². The number of rotatable bonds is 9. The van der Waals surface area contributed by atoms with E-state index in [4.69, 9.17) is 10.00 Å². The molecule has 7 nitrogen and oxygen atoms in total. The number of hydrogen-bond acceptors (Lipinski definition) is 7. The lowest BCUT2D eigenvalue weighted by Gasteiger charge is -2.20. The zero-order valence-electron chi connectivity index (χ0n) is 21.2. The summed E-state index contributed by atoms with van der Waals surface area (Å²) < 4.78 is 5.81. The van der Waals surface area contributed by atoms with Crippen LogP contribution in [0.1, 0.15) is 25.0 Å². The van der Waals surface area contributed by atoms with E-state index in [-0.39, 0.29) is 0 Å². The van der Waals surface area contributed by atoms with Crippen molar-refractivity contribution in [3.63, 3.8) is 0 Å². The summed E-state index contributed by atoms with van der Waals surface area (Å²) in [6.07, 6.45) is 0.